The molecule has 0 unspecified atom stereocenters. The zero-order chi connectivity index (χ0) is 26.0. The fraction of sp³-hybridized carbons (Fsp3) is 0.429. The number of piperazine rings is 1. The van der Waals surface area contributed by atoms with E-state index in [1.165, 1.54) is 0 Å². The number of amides is 1. The summed E-state index contributed by atoms with van der Waals surface area (Å²) in [6.45, 7) is 10.4. The van der Waals surface area contributed by atoms with Crippen molar-refractivity contribution in [3.05, 3.63) is 58.6 Å². The Labute approximate surface area is 222 Å². The zero-order valence-corrected chi connectivity index (χ0v) is 22.7. The molecule has 1 fully saturated rings. The van der Waals surface area contributed by atoms with Crippen LogP contribution in [-0.4, -0.2) is 62.4 Å². The van der Waals surface area contributed by atoms with Gasteiger partial charge in [0.15, 0.2) is 16.6 Å². The number of para-hydroxylation sites is 2. The Bertz CT molecular complexity index is 1260. The Morgan fingerprint density at radius 1 is 1.08 bits per heavy atom. The predicted octanol–water partition coefficient (Wildman–Crippen LogP) is 4.53. The molecule has 37 heavy (non-hydrogen) atoms. The maximum atomic E-state index is 12.9. The topological polar surface area (TPSA) is 76.2 Å². The highest BCUT2D eigenvalue weighted by molar-refractivity contribution is 7.15. The van der Waals surface area contributed by atoms with E-state index < -0.39 is 0 Å². The largest absolute Gasteiger partial charge is 0.495 e. The van der Waals surface area contributed by atoms with Crippen LogP contribution in [0.5, 0.6) is 17.2 Å². The Morgan fingerprint density at radius 3 is 2.59 bits per heavy atom. The van der Waals surface area contributed by atoms with Crippen molar-refractivity contribution >= 4 is 28.1 Å². The standard InChI is InChI=1S/C28H34N4O4S/c1-28(2,3)26-24(16-19-9-10-22-23(15-19)36-18-35-22)37-27(30-26)29-25(33)17-31-11-13-32(14-12-31)20-7-5-6-8-21(20)34-4/h5-10,15H,11-14,16-18H2,1-4H3,(H,29,30,33). The molecule has 2 aliphatic rings. The van der Waals surface area contributed by atoms with Crippen LogP contribution >= 0.6 is 11.3 Å². The van der Waals surface area contributed by atoms with E-state index in [0.717, 1.165) is 71.7 Å². The van der Waals surface area contributed by atoms with Crippen molar-refractivity contribution in [2.24, 2.45) is 0 Å². The van der Waals surface area contributed by atoms with Gasteiger partial charge in [-0.15, -0.1) is 11.3 Å². The van der Waals surface area contributed by atoms with Gasteiger partial charge in [-0.3, -0.25) is 9.69 Å². The van der Waals surface area contributed by atoms with Crippen LogP contribution in [0.4, 0.5) is 10.8 Å². The minimum atomic E-state index is -0.139. The molecular weight excluding hydrogens is 488 g/mol. The van der Waals surface area contributed by atoms with Crippen LogP contribution in [-0.2, 0) is 16.6 Å². The third kappa shape index (κ3) is 5.83. The van der Waals surface area contributed by atoms with Crippen LogP contribution < -0.4 is 24.4 Å². The number of anilines is 2. The summed E-state index contributed by atoms with van der Waals surface area (Å²) >= 11 is 1.55. The van der Waals surface area contributed by atoms with Crippen molar-refractivity contribution in [1.82, 2.24) is 9.88 Å². The highest BCUT2D eigenvalue weighted by Gasteiger charge is 2.26. The van der Waals surface area contributed by atoms with E-state index in [0.29, 0.717) is 11.7 Å². The minimum Gasteiger partial charge on any atom is -0.495 e. The number of ether oxygens (including phenoxy) is 3. The summed E-state index contributed by atoms with van der Waals surface area (Å²) in [5, 5.41) is 3.71. The molecule has 9 heteroatoms. The number of fused-ring (bicyclic) bond motifs is 1. The molecule has 0 bridgehead atoms. The van der Waals surface area contributed by atoms with E-state index in [1.807, 2.05) is 30.3 Å². The Hall–Kier alpha value is -3.30. The lowest BCUT2D eigenvalue weighted by Crippen LogP contribution is -2.48. The van der Waals surface area contributed by atoms with Crippen molar-refractivity contribution < 1.29 is 19.0 Å². The summed E-state index contributed by atoms with van der Waals surface area (Å²) in [6, 6.07) is 14.1. The van der Waals surface area contributed by atoms with Crippen molar-refractivity contribution in [1.29, 1.82) is 0 Å². The molecule has 1 saturated heterocycles. The average molecular weight is 523 g/mol. The Morgan fingerprint density at radius 2 is 1.84 bits per heavy atom. The van der Waals surface area contributed by atoms with Crippen molar-refractivity contribution in [2.45, 2.75) is 32.6 Å². The van der Waals surface area contributed by atoms with Gasteiger partial charge in [0.2, 0.25) is 12.7 Å². The number of aromatic nitrogens is 1. The van der Waals surface area contributed by atoms with Gasteiger partial charge < -0.3 is 24.4 Å². The lowest BCUT2D eigenvalue weighted by molar-refractivity contribution is -0.117. The zero-order valence-electron chi connectivity index (χ0n) is 21.9. The van der Waals surface area contributed by atoms with Crippen molar-refractivity contribution in [3.63, 3.8) is 0 Å². The van der Waals surface area contributed by atoms with Gasteiger partial charge in [0.05, 0.1) is 25.0 Å². The Kier molecular flexibility index (Phi) is 7.26. The molecule has 1 aromatic heterocycles. The maximum Gasteiger partial charge on any atom is 0.240 e. The lowest BCUT2D eigenvalue weighted by Gasteiger charge is -2.36. The number of rotatable bonds is 7. The van der Waals surface area contributed by atoms with Crippen LogP contribution in [0.1, 0.15) is 36.9 Å². The van der Waals surface area contributed by atoms with Gasteiger partial charge >= 0.3 is 0 Å². The van der Waals surface area contributed by atoms with Gasteiger partial charge in [-0.2, -0.15) is 0 Å². The van der Waals surface area contributed by atoms with Gasteiger partial charge in [0.1, 0.15) is 5.75 Å². The molecule has 8 nitrogen and oxygen atoms in total. The summed E-state index contributed by atoms with van der Waals surface area (Å²) in [6.07, 6.45) is 0.724. The SMILES string of the molecule is COc1ccccc1N1CCN(CC(=O)Nc2nc(C(C)(C)C)c(Cc3ccc4c(c3)OCO4)s2)CC1. The van der Waals surface area contributed by atoms with Crippen molar-refractivity contribution in [2.75, 3.05) is 56.8 Å². The third-order valence-electron chi connectivity index (χ3n) is 6.62. The first-order chi connectivity index (χ1) is 17.8. The number of benzene rings is 2. The van der Waals surface area contributed by atoms with Crippen LogP contribution in [0.25, 0.3) is 0 Å². The molecular formula is C28H34N4O4S. The smallest absolute Gasteiger partial charge is 0.240 e. The number of hydrogen-bond donors (Lipinski definition) is 1. The Balaban J connectivity index is 1.21. The second kappa shape index (κ2) is 10.6. The van der Waals surface area contributed by atoms with Gasteiger partial charge in [-0.1, -0.05) is 39.0 Å². The fourth-order valence-electron chi connectivity index (χ4n) is 4.75. The molecule has 0 saturated carbocycles. The molecule has 5 rings (SSSR count). The molecule has 2 aromatic carbocycles. The van der Waals surface area contributed by atoms with E-state index in [2.05, 4.69) is 48.0 Å². The van der Waals surface area contributed by atoms with Gasteiger partial charge in [-0.05, 0) is 29.8 Å². The number of carbonyl (C=O) groups is 1. The summed E-state index contributed by atoms with van der Waals surface area (Å²) in [5.74, 6) is 2.40. The van der Waals surface area contributed by atoms with E-state index in [-0.39, 0.29) is 18.1 Å². The van der Waals surface area contributed by atoms with Crippen LogP contribution in [0.15, 0.2) is 42.5 Å². The maximum absolute atomic E-state index is 12.9. The first kappa shape index (κ1) is 25.4. The molecule has 0 radical (unpaired) electrons. The van der Waals surface area contributed by atoms with E-state index in [9.17, 15) is 4.79 Å². The van der Waals surface area contributed by atoms with Crippen LogP contribution in [0.2, 0.25) is 0 Å². The van der Waals surface area contributed by atoms with Gasteiger partial charge in [-0.25, -0.2) is 4.98 Å². The monoisotopic (exact) mass is 522 g/mol. The third-order valence-corrected chi connectivity index (χ3v) is 7.59. The van der Waals surface area contributed by atoms with E-state index >= 15 is 0 Å². The van der Waals surface area contributed by atoms with E-state index in [4.69, 9.17) is 19.2 Å². The van der Waals surface area contributed by atoms with Crippen LogP contribution in [0.3, 0.4) is 0 Å². The molecule has 3 heterocycles. The first-order valence-corrected chi connectivity index (χ1v) is 13.4. The highest BCUT2D eigenvalue weighted by atomic mass is 32.1. The molecule has 196 valence electrons. The molecule has 0 aliphatic carbocycles. The summed E-state index contributed by atoms with van der Waals surface area (Å²) in [7, 11) is 1.70. The van der Waals surface area contributed by atoms with Gasteiger partial charge in [0.25, 0.3) is 0 Å². The average Bonchev–Trinajstić information content (AvgIpc) is 3.51. The summed E-state index contributed by atoms with van der Waals surface area (Å²) in [5.41, 5.74) is 3.10. The fourth-order valence-corrected chi connectivity index (χ4v) is 5.97. The lowest BCUT2D eigenvalue weighted by atomic mass is 9.90. The highest BCUT2D eigenvalue weighted by Crippen LogP contribution is 2.37. The summed E-state index contributed by atoms with van der Waals surface area (Å²) < 4.78 is 16.5. The number of nitrogens with one attached hydrogen (secondary N) is 1. The quantitative estimate of drug-likeness (QED) is 0.489. The normalized spacial score (nSPS) is 15.6. The summed E-state index contributed by atoms with van der Waals surface area (Å²) in [4.78, 5) is 23.4. The minimum absolute atomic E-state index is 0.0328. The molecule has 2 aliphatic heterocycles. The number of hydrogen-bond acceptors (Lipinski definition) is 8. The molecule has 3 aromatic rings. The number of methoxy groups -OCH3 is 1. The molecule has 1 N–H and O–H groups in total. The predicted molar refractivity (Wildman–Crippen MR) is 146 cm³/mol. The van der Waals surface area contributed by atoms with Crippen molar-refractivity contribution in [3.8, 4) is 17.2 Å². The van der Waals surface area contributed by atoms with Gasteiger partial charge in [0, 0.05) is 42.9 Å². The molecule has 0 spiro atoms. The van der Waals surface area contributed by atoms with Crippen LogP contribution in [0, 0.1) is 0 Å². The first-order valence-electron chi connectivity index (χ1n) is 12.6. The second-order valence-corrected chi connectivity index (χ2v) is 11.5. The number of carbonyl (C=O) groups excluding carboxylic acids is 1. The van der Waals surface area contributed by atoms with E-state index in [1.54, 1.807) is 18.4 Å². The second-order valence-electron chi connectivity index (χ2n) is 10.4. The molecule has 1 amide bonds. The number of nitrogens with zero attached hydrogens (tertiary/aromatic N) is 3. The number of thiazole rings is 1. The molecule has 0 atom stereocenters.